The third-order valence-electron chi connectivity index (χ3n) is 2.76. The predicted molar refractivity (Wildman–Crippen MR) is 55.3 cm³/mol. The lowest BCUT2D eigenvalue weighted by Crippen LogP contribution is -2.40. The molecule has 5 heteroatoms. The average Bonchev–Trinajstić information content (AvgIpc) is 2.24. The lowest BCUT2D eigenvalue weighted by molar-refractivity contribution is 0.0828. The maximum atomic E-state index is 11.1. The maximum Gasteiger partial charge on any atom is 0.264 e. The van der Waals surface area contributed by atoms with Crippen molar-refractivity contribution in [1.29, 1.82) is 0 Å². The first-order valence-corrected chi connectivity index (χ1v) is 6.60. The summed E-state index contributed by atoms with van der Waals surface area (Å²) in [5.41, 5.74) is 5.08. The van der Waals surface area contributed by atoms with Crippen molar-refractivity contribution in [3.63, 3.8) is 0 Å². The summed E-state index contributed by atoms with van der Waals surface area (Å²) in [5.74, 6) is 0. The van der Waals surface area contributed by atoms with Crippen molar-refractivity contribution < 1.29 is 12.6 Å². The van der Waals surface area contributed by atoms with Gasteiger partial charge >= 0.3 is 0 Å². The normalized spacial score (nSPS) is 32.0. The second-order valence-electron chi connectivity index (χ2n) is 5.02. The van der Waals surface area contributed by atoms with E-state index in [1.54, 1.807) is 0 Å². The molecule has 2 N–H and O–H groups in total. The molecule has 0 unspecified atom stereocenters. The van der Waals surface area contributed by atoms with E-state index in [-0.39, 0.29) is 12.0 Å². The summed E-state index contributed by atoms with van der Waals surface area (Å²) in [4.78, 5) is 0. The van der Waals surface area contributed by atoms with Crippen LogP contribution in [0.5, 0.6) is 0 Å². The molecule has 1 aliphatic carbocycles. The van der Waals surface area contributed by atoms with Gasteiger partial charge in [-0.15, -0.1) is 0 Å². The lowest BCUT2D eigenvalue weighted by Gasteiger charge is -2.28. The van der Waals surface area contributed by atoms with E-state index in [4.69, 9.17) is 9.92 Å². The van der Waals surface area contributed by atoms with Gasteiger partial charge in [-0.05, 0) is 24.7 Å². The molecule has 1 fully saturated rings. The van der Waals surface area contributed by atoms with Crippen LogP contribution in [0.1, 0.15) is 33.1 Å². The Hall–Kier alpha value is -0.130. The fraction of sp³-hybridized carbons (Fsp3) is 1.00. The fourth-order valence-corrected chi connectivity index (χ4v) is 3.07. The van der Waals surface area contributed by atoms with Crippen molar-refractivity contribution >= 4 is 10.1 Å². The van der Waals surface area contributed by atoms with E-state index in [0.717, 1.165) is 19.1 Å². The summed E-state index contributed by atoms with van der Waals surface area (Å²) in [6, 6.07) is 0. The van der Waals surface area contributed by atoms with Gasteiger partial charge in [0.15, 0.2) is 0 Å². The average molecular weight is 221 g/mol. The monoisotopic (exact) mass is 221 g/mol. The van der Waals surface area contributed by atoms with E-state index >= 15 is 0 Å². The van der Waals surface area contributed by atoms with E-state index in [1.165, 1.54) is 0 Å². The van der Waals surface area contributed by atoms with Gasteiger partial charge in [0.2, 0.25) is 0 Å². The van der Waals surface area contributed by atoms with Crippen LogP contribution in [0.4, 0.5) is 0 Å². The highest BCUT2D eigenvalue weighted by Gasteiger charge is 2.45. The van der Waals surface area contributed by atoms with Crippen LogP contribution < -0.4 is 5.73 Å². The Morgan fingerprint density at radius 2 is 1.93 bits per heavy atom. The van der Waals surface area contributed by atoms with E-state index < -0.39 is 15.7 Å². The Morgan fingerprint density at radius 1 is 1.36 bits per heavy atom. The molecule has 84 valence electrons. The van der Waals surface area contributed by atoms with Crippen LogP contribution in [-0.4, -0.2) is 26.8 Å². The molecule has 1 rings (SSSR count). The van der Waals surface area contributed by atoms with Gasteiger partial charge in [0.1, 0.15) is 5.60 Å². The first-order valence-electron chi connectivity index (χ1n) is 4.79. The third-order valence-corrected chi connectivity index (χ3v) is 3.41. The molecule has 1 aliphatic rings. The minimum Gasteiger partial charge on any atom is -0.328 e. The van der Waals surface area contributed by atoms with Crippen molar-refractivity contribution in [2.75, 3.05) is 12.8 Å². The molecule has 0 saturated heterocycles. The van der Waals surface area contributed by atoms with E-state index in [9.17, 15) is 8.42 Å². The van der Waals surface area contributed by atoms with Gasteiger partial charge in [0.25, 0.3) is 10.1 Å². The Labute approximate surface area is 85.9 Å². The van der Waals surface area contributed by atoms with Crippen LogP contribution in [0.3, 0.4) is 0 Å². The predicted octanol–water partition coefficient (Wildman–Crippen LogP) is 0.870. The summed E-state index contributed by atoms with van der Waals surface area (Å²) in [6.45, 7) is 4.48. The topological polar surface area (TPSA) is 69.4 Å². The molecule has 14 heavy (non-hydrogen) atoms. The number of rotatable bonds is 3. The molecule has 1 saturated carbocycles. The van der Waals surface area contributed by atoms with Crippen molar-refractivity contribution in [2.45, 2.75) is 38.7 Å². The third kappa shape index (κ3) is 2.93. The molecule has 0 bridgehead atoms. The minimum absolute atomic E-state index is 0.129. The Balaban J connectivity index is 2.81. The SMILES string of the molecule is CC1(C)CC[C@@](CN)(OS(C)(=O)=O)C1. The molecule has 4 nitrogen and oxygen atoms in total. The second kappa shape index (κ2) is 3.47. The minimum atomic E-state index is -3.41. The van der Waals surface area contributed by atoms with Crippen LogP contribution in [-0.2, 0) is 14.3 Å². The molecular weight excluding hydrogens is 202 g/mol. The molecule has 0 heterocycles. The van der Waals surface area contributed by atoms with Crippen molar-refractivity contribution in [3.8, 4) is 0 Å². The Kier molecular flexibility index (Phi) is 2.96. The standard InChI is InChI=1S/C9H19NO3S/c1-8(2)4-5-9(6-8,7-10)13-14(3,11)12/h4-7,10H2,1-3H3/t9-/m1/s1. The zero-order chi connectivity index (χ0) is 11.0. The van der Waals surface area contributed by atoms with Gasteiger partial charge in [0, 0.05) is 6.54 Å². The second-order valence-corrected chi connectivity index (χ2v) is 6.59. The van der Waals surface area contributed by atoms with Crippen molar-refractivity contribution in [1.82, 2.24) is 0 Å². The molecule has 0 spiro atoms. The lowest BCUT2D eigenvalue weighted by atomic mass is 9.89. The van der Waals surface area contributed by atoms with Crippen LogP contribution >= 0.6 is 0 Å². The summed E-state index contributed by atoms with van der Waals surface area (Å²) >= 11 is 0. The van der Waals surface area contributed by atoms with Gasteiger partial charge in [-0.3, -0.25) is 4.18 Å². The molecular formula is C9H19NO3S. The van der Waals surface area contributed by atoms with Crippen LogP contribution in [0.25, 0.3) is 0 Å². The van der Waals surface area contributed by atoms with Crippen LogP contribution in [0, 0.1) is 5.41 Å². The van der Waals surface area contributed by atoms with Gasteiger partial charge in [-0.2, -0.15) is 8.42 Å². The summed E-state index contributed by atoms with van der Waals surface area (Å²) in [6.07, 6.45) is 3.47. The number of hydrogen-bond donors (Lipinski definition) is 1. The van der Waals surface area contributed by atoms with Crippen LogP contribution in [0.15, 0.2) is 0 Å². The maximum absolute atomic E-state index is 11.1. The Bertz CT molecular complexity index is 310. The van der Waals surface area contributed by atoms with E-state index in [2.05, 4.69) is 13.8 Å². The highest BCUT2D eigenvalue weighted by molar-refractivity contribution is 7.86. The van der Waals surface area contributed by atoms with Crippen molar-refractivity contribution in [3.05, 3.63) is 0 Å². The molecule has 0 amide bonds. The highest BCUT2D eigenvalue weighted by atomic mass is 32.2. The number of hydrogen-bond acceptors (Lipinski definition) is 4. The molecule has 0 aromatic heterocycles. The van der Waals surface area contributed by atoms with Gasteiger partial charge < -0.3 is 5.73 Å². The van der Waals surface area contributed by atoms with Gasteiger partial charge in [-0.25, -0.2) is 0 Å². The van der Waals surface area contributed by atoms with E-state index in [0.29, 0.717) is 6.42 Å². The summed E-state index contributed by atoms with van der Waals surface area (Å²) < 4.78 is 27.3. The zero-order valence-electron chi connectivity index (χ0n) is 9.04. The first kappa shape index (κ1) is 11.9. The number of nitrogens with two attached hydrogens (primary N) is 1. The smallest absolute Gasteiger partial charge is 0.264 e. The largest absolute Gasteiger partial charge is 0.328 e. The quantitative estimate of drug-likeness (QED) is 0.718. The molecule has 0 aromatic rings. The first-order chi connectivity index (χ1) is 6.18. The van der Waals surface area contributed by atoms with E-state index in [1.807, 2.05) is 0 Å². The molecule has 0 aromatic carbocycles. The highest BCUT2D eigenvalue weighted by Crippen LogP contribution is 2.45. The zero-order valence-corrected chi connectivity index (χ0v) is 9.86. The fourth-order valence-electron chi connectivity index (χ4n) is 2.22. The summed E-state index contributed by atoms with van der Waals surface area (Å²) in [7, 11) is -3.41. The summed E-state index contributed by atoms with van der Waals surface area (Å²) in [5, 5.41) is 0. The van der Waals surface area contributed by atoms with Crippen LogP contribution in [0.2, 0.25) is 0 Å². The van der Waals surface area contributed by atoms with Gasteiger partial charge in [-0.1, -0.05) is 13.8 Å². The van der Waals surface area contributed by atoms with Gasteiger partial charge in [0.05, 0.1) is 6.26 Å². The molecule has 1 atom stereocenters. The van der Waals surface area contributed by atoms with Crippen molar-refractivity contribution in [2.24, 2.45) is 11.1 Å². The molecule has 0 radical (unpaired) electrons. The molecule has 0 aliphatic heterocycles. The Morgan fingerprint density at radius 3 is 2.21 bits per heavy atom.